The fourth-order valence-corrected chi connectivity index (χ4v) is 2.76. The lowest BCUT2D eigenvalue weighted by Gasteiger charge is -2.15. The quantitative estimate of drug-likeness (QED) is 0.702. The van der Waals surface area contributed by atoms with Gasteiger partial charge in [-0.15, -0.1) is 5.10 Å². The van der Waals surface area contributed by atoms with E-state index in [9.17, 15) is 9.90 Å². The first-order valence-electron chi connectivity index (χ1n) is 8.37. The van der Waals surface area contributed by atoms with E-state index in [1.54, 1.807) is 25.1 Å². The van der Waals surface area contributed by atoms with Gasteiger partial charge in [-0.05, 0) is 44.0 Å². The summed E-state index contributed by atoms with van der Waals surface area (Å²) < 4.78 is 6.18. The molecular weight excluding hydrogens is 316 g/mol. The molecule has 0 amide bonds. The van der Waals surface area contributed by atoms with Gasteiger partial charge in [0.15, 0.2) is 5.75 Å². The smallest absolute Gasteiger partial charge is 0.336 e. The van der Waals surface area contributed by atoms with Crippen molar-refractivity contribution in [3.05, 3.63) is 59.3 Å². The van der Waals surface area contributed by atoms with Crippen LogP contribution < -0.4 is 4.74 Å². The van der Waals surface area contributed by atoms with E-state index in [1.165, 1.54) is 0 Å². The SMILES string of the molecule is CCCCc1nnc2ccccc2c1Oc1cccc(C(=O)O)c1C. The molecule has 0 aliphatic heterocycles. The molecule has 0 bridgehead atoms. The first-order valence-corrected chi connectivity index (χ1v) is 8.37. The fourth-order valence-electron chi connectivity index (χ4n) is 2.76. The van der Waals surface area contributed by atoms with Crippen molar-refractivity contribution in [2.75, 3.05) is 0 Å². The van der Waals surface area contributed by atoms with Gasteiger partial charge in [0.05, 0.1) is 11.1 Å². The average molecular weight is 336 g/mol. The first-order chi connectivity index (χ1) is 12.1. The van der Waals surface area contributed by atoms with Crippen LogP contribution in [0.2, 0.25) is 0 Å². The number of ether oxygens (including phenoxy) is 1. The highest BCUT2D eigenvalue weighted by molar-refractivity contribution is 5.90. The third-order valence-corrected chi connectivity index (χ3v) is 4.18. The molecular formula is C20H20N2O3. The minimum atomic E-state index is -0.966. The molecule has 1 aromatic heterocycles. The Morgan fingerprint density at radius 3 is 2.68 bits per heavy atom. The molecule has 1 N–H and O–H groups in total. The van der Waals surface area contributed by atoms with Gasteiger partial charge < -0.3 is 9.84 Å². The second-order valence-electron chi connectivity index (χ2n) is 5.93. The molecule has 0 spiro atoms. The molecule has 25 heavy (non-hydrogen) atoms. The third kappa shape index (κ3) is 3.45. The molecule has 1 heterocycles. The van der Waals surface area contributed by atoms with Crippen molar-refractivity contribution in [1.82, 2.24) is 10.2 Å². The number of nitrogens with zero attached hydrogens (tertiary/aromatic N) is 2. The normalized spacial score (nSPS) is 10.8. The van der Waals surface area contributed by atoms with Crippen molar-refractivity contribution >= 4 is 16.9 Å². The topological polar surface area (TPSA) is 72.3 Å². The molecule has 0 aliphatic rings. The van der Waals surface area contributed by atoms with E-state index >= 15 is 0 Å². The van der Waals surface area contributed by atoms with Crippen LogP contribution in [0.15, 0.2) is 42.5 Å². The Bertz CT molecular complexity index is 922. The van der Waals surface area contributed by atoms with Crippen molar-refractivity contribution < 1.29 is 14.6 Å². The third-order valence-electron chi connectivity index (χ3n) is 4.18. The Kier molecular flexibility index (Phi) is 4.93. The maximum Gasteiger partial charge on any atom is 0.336 e. The number of aromatic carboxylic acids is 1. The van der Waals surface area contributed by atoms with Gasteiger partial charge in [0.25, 0.3) is 0 Å². The zero-order chi connectivity index (χ0) is 17.8. The van der Waals surface area contributed by atoms with Gasteiger partial charge in [-0.2, -0.15) is 5.10 Å². The molecule has 0 saturated carbocycles. The predicted molar refractivity (Wildman–Crippen MR) is 96.4 cm³/mol. The fraction of sp³-hybridized carbons (Fsp3) is 0.250. The largest absolute Gasteiger partial charge is 0.478 e. The molecule has 2 aromatic carbocycles. The summed E-state index contributed by atoms with van der Waals surface area (Å²) in [6.07, 6.45) is 2.79. The summed E-state index contributed by atoms with van der Waals surface area (Å²) >= 11 is 0. The monoisotopic (exact) mass is 336 g/mol. The van der Waals surface area contributed by atoms with E-state index in [2.05, 4.69) is 17.1 Å². The number of hydrogen-bond acceptors (Lipinski definition) is 4. The van der Waals surface area contributed by atoms with Crippen LogP contribution in [-0.2, 0) is 6.42 Å². The Morgan fingerprint density at radius 1 is 1.12 bits per heavy atom. The number of unbranched alkanes of at least 4 members (excludes halogenated alkanes) is 1. The highest BCUT2D eigenvalue weighted by Crippen LogP contribution is 2.34. The molecule has 0 atom stereocenters. The minimum Gasteiger partial charge on any atom is -0.478 e. The van der Waals surface area contributed by atoms with Gasteiger partial charge >= 0.3 is 5.97 Å². The number of carboxylic acid groups (broad SMARTS) is 1. The highest BCUT2D eigenvalue weighted by atomic mass is 16.5. The number of carbonyl (C=O) groups is 1. The lowest BCUT2D eigenvalue weighted by atomic mass is 10.1. The van der Waals surface area contributed by atoms with E-state index in [0.29, 0.717) is 17.1 Å². The highest BCUT2D eigenvalue weighted by Gasteiger charge is 2.16. The molecule has 0 fully saturated rings. The number of aromatic nitrogens is 2. The van der Waals surface area contributed by atoms with Crippen LogP contribution in [0, 0.1) is 6.92 Å². The Balaban J connectivity index is 2.11. The van der Waals surface area contributed by atoms with Crippen LogP contribution in [0.3, 0.4) is 0 Å². The first kappa shape index (κ1) is 16.9. The van der Waals surface area contributed by atoms with Crippen molar-refractivity contribution in [2.45, 2.75) is 33.1 Å². The molecule has 0 radical (unpaired) electrons. The van der Waals surface area contributed by atoms with Gasteiger partial charge in [0, 0.05) is 10.9 Å². The van der Waals surface area contributed by atoms with Gasteiger partial charge in [-0.3, -0.25) is 0 Å². The van der Waals surface area contributed by atoms with Gasteiger partial charge in [0.2, 0.25) is 0 Å². The Hall–Kier alpha value is -2.95. The maximum absolute atomic E-state index is 11.4. The zero-order valence-corrected chi connectivity index (χ0v) is 14.3. The molecule has 5 nitrogen and oxygen atoms in total. The van der Waals surface area contributed by atoms with Crippen LogP contribution >= 0.6 is 0 Å². The van der Waals surface area contributed by atoms with E-state index in [4.69, 9.17) is 4.74 Å². The van der Waals surface area contributed by atoms with E-state index < -0.39 is 5.97 Å². The standard InChI is InChI=1S/C20H20N2O3/c1-3-4-10-17-19(15-8-5-6-11-16(15)21-22-17)25-18-12-7-9-14(13(18)2)20(23)24/h5-9,11-12H,3-4,10H2,1-2H3,(H,23,24). The van der Waals surface area contributed by atoms with Gasteiger partial charge in [0.1, 0.15) is 11.4 Å². The maximum atomic E-state index is 11.4. The summed E-state index contributed by atoms with van der Waals surface area (Å²) in [7, 11) is 0. The summed E-state index contributed by atoms with van der Waals surface area (Å²) in [5.74, 6) is 0.215. The lowest BCUT2D eigenvalue weighted by Crippen LogP contribution is -2.03. The predicted octanol–water partition coefficient (Wildman–Crippen LogP) is 4.77. The average Bonchev–Trinajstić information content (AvgIpc) is 2.62. The number of carboxylic acids is 1. The van der Waals surface area contributed by atoms with Crippen LogP contribution in [0.5, 0.6) is 11.5 Å². The molecule has 0 unspecified atom stereocenters. The molecule has 0 saturated heterocycles. The second-order valence-corrected chi connectivity index (χ2v) is 5.93. The van der Waals surface area contributed by atoms with Crippen LogP contribution in [0.4, 0.5) is 0 Å². The van der Waals surface area contributed by atoms with Gasteiger partial charge in [-0.25, -0.2) is 4.79 Å². The van der Waals surface area contributed by atoms with Crippen LogP contribution in [-0.4, -0.2) is 21.3 Å². The zero-order valence-electron chi connectivity index (χ0n) is 14.3. The lowest BCUT2D eigenvalue weighted by molar-refractivity contribution is 0.0695. The minimum absolute atomic E-state index is 0.235. The van der Waals surface area contributed by atoms with Crippen LogP contribution in [0.25, 0.3) is 10.9 Å². The number of fused-ring (bicyclic) bond motifs is 1. The summed E-state index contributed by atoms with van der Waals surface area (Å²) in [6.45, 7) is 3.87. The van der Waals surface area contributed by atoms with Gasteiger partial charge in [-0.1, -0.05) is 31.5 Å². The number of benzene rings is 2. The Labute approximate surface area is 146 Å². The van der Waals surface area contributed by atoms with E-state index in [1.807, 2.05) is 24.3 Å². The van der Waals surface area contributed by atoms with Crippen molar-refractivity contribution in [1.29, 1.82) is 0 Å². The van der Waals surface area contributed by atoms with E-state index in [0.717, 1.165) is 35.9 Å². The molecule has 0 aliphatic carbocycles. The summed E-state index contributed by atoms with van der Waals surface area (Å²) in [4.78, 5) is 11.4. The number of aryl methyl sites for hydroxylation is 1. The van der Waals surface area contributed by atoms with Crippen molar-refractivity contribution in [3.63, 3.8) is 0 Å². The second kappa shape index (κ2) is 7.30. The summed E-state index contributed by atoms with van der Waals surface area (Å²) in [5, 5.41) is 18.8. The molecule has 3 aromatic rings. The molecule has 128 valence electrons. The van der Waals surface area contributed by atoms with E-state index in [-0.39, 0.29) is 5.56 Å². The summed E-state index contributed by atoms with van der Waals surface area (Å²) in [5.41, 5.74) is 2.38. The molecule has 5 heteroatoms. The summed E-state index contributed by atoms with van der Waals surface area (Å²) in [6, 6.07) is 12.7. The van der Waals surface area contributed by atoms with Crippen LogP contribution in [0.1, 0.15) is 41.4 Å². The molecule has 3 rings (SSSR count). The number of hydrogen-bond donors (Lipinski definition) is 1. The Morgan fingerprint density at radius 2 is 1.92 bits per heavy atom. The number of rotatable bonds is 6. The van der Waals surface area contributed by atoms with Crippen molar-refractivity contribution in [2.24, 2.45) is 0 Å². The van der Waals surface area contributed by atoms with Crippen molar-refractivity contribution in [3.8, 4) is 11.5 Å².